The minimum absolute atomic E-state index is 0.262. The number of thiazole rings is 1. The Morgan fingerprint density at radius 3 is 2.73 bits per heavy atom. The van der Waals surface area contributed by atoms with Crippen molar-refractivity contribution in [1.29, 1.82) is 0 Å². The number of hydrogen-bond donors (Lipinski definition) is 1. The Balaban J connectivity index is 1.75. The first kappa shape index (κ1) is 18.1. The van der Waals surface area contributed by atoms with Crippen LogP contribution in [-0.2, 0) is 12.6 Å². The lowest BCUT2D eigenvalue weighted by Crippen LogP contribution is -2.11. The zero-order valence-corrected chi connectivity index (χ0v) is 14.5. The highest BCUT2D eigenvalue weighted by atomic mass is 32.1. The molecule has 3 rings (SSSR count). The van der Waals surface area contributed by atoms with Crippen LogP contribution in [-0.4, -0.2) is 15.9 Å². The van der Waals surface area contributed by atoms with Crippen molar-refractivity contribution < 1.29 is 18.0 Å². The predicted octanol–water partition coefficient (Wildman–Crippen LogP) is 4.71. The molecule has 0 bridgehead atoms. The van der Waals surface area contributed by atoms with Crippen LogP contribution in [0.15, 0.2) is 48.8 Å². The minimum atomic E-state index is -4.38. The van der Waals surface area contributed by atoms with Crippen molar-refractivity contribution in [3.63, 3.8) is 0 Å². The third-order valence-corrected chi connectivity index (χ3v) is 4.67. The van der Waals surface area contributed by atoms with Crippen molar-refractivity contribution in [3.05, 3.63) is 76.2 Å². The van der Waals surface area contributed by atoms with Crippen LogP contribution in [0.25, 0.3) is 0 Å². The molecule has 4 nitrogen and oxygen atoms in total. The highest BCUT2D eigenvalue weighted by Crippen LogP contribution is 2.31. The summed E-state index contributed by atoms with van der Waals surface area (Å²) in [6.07, 6.45) is -1.09. The normalized spacial score (nSPS) is 11.4. The molecule has 1 aromatic carbocycles. The highest BCUT2D eigenvalue weighted by Gasteiger charge is 2.30. The zero-order chi connectivity index (χ0) is 18.7. The smallest absolute Gasteiger partial charge is 0.312 e. The van der Waals surface area contributed by atoms with E-state index in [0.29, 0.717) is 26.8 Å². The van der Waals surface area contributed by atoms with E-state index >= 15 is 0 Å². The van der Waals surface area contributed by atoms with Gasteiger partial charge in [0.1, 0.15) is 5.00 Å². The average molecular weight is 377 g/mol. The summed E-state index contributed by atoms with van der Waals surface area (Å²) in [6.45, 7) is 1.74. The van der Waals surface area contributed by atoms with Gasteiger partial charge < -0.3 is 5.32 Å². The molecule has 0 saturated carbocycles. The van der Waals surface area contributed by atoms with E-state index in [4.69, 9.17) is 0 Å². The Morgan fingerprint density at radius 1 is 1.23 bits per heavy atom. The number of alkyl halides is 3. The maximum Gasteiger partial charge on any atom is 0.416 e. The lowest BCUT2D eigenvalue weighted by Gasteiger charge is -2.07. The molecule has 134 valence electrons. The Bertz CT molecular complexity index is 923. The van der Waals surface area contributed by atoms with Crippen molar-refractivity contribution in [2.45, 2.75) is 19.5 Å². The van der Waals surface area contributed by atoms with Gasteiger partial charge in [0.05, 0.1) is 21.8 Å². The molecule has 1 N–H and O–H groups in total. The van der Waals surface area contributed by atoms with E-state index in [-0.39, 0.29) is 12.3 Å². The van der Waals surface area contributed by atoms with Crippen LogP contribution in [0.3, 0.4) is 0 Å². The van der Waals surface area contributed by atoms with Crippen LogP contribution < -0.4 is 5.32 Å². The number of aromatic nitrogens is 2. The second-order valence-corrected chi connectivity index (χ2v) is 6.68. The standard InChI is InChI=1S/C18H14F3N3OS/c1-11-17(24-16(25)13-5-3-7-22-10-13)26-15(23-11)9-12-4-2-6-14(8-12)18(19,20)21/h2-8,10H,9H2,1H3,(H,24,25). The summed E-state index contributed by atoms with van der Waals surface area (Å²) in [4.78, 5) is 20.4. The van der Waals surface area contributed by atoms with Gasteiger partial charge in [0.15, 0.2) is 0 Å². The summed E-state index contributed by atoms with van der Waals surface area (Å²) >= 11 is 1.25. The summed E-state index contributed by atoms with van der Waals surface area (Å²) in [5.74, 6) is -0.310. The first-order valence-corrected chi connectivity index (χ1v) is 8.48. The van der Waals surface area contributed by atoms with E-state index in [1.54, 1.807) is 31.3 Å². The van der Waals surface area contributed by atoms with Gasteiger partial charge in [0.2, 0.25) is 0 Å². The molecule has 2 aromatic heterocycles. The number of carbonyl (C=O) groups is 1. The zero-order valence-electron chi connectivity index (χ0n) is 13.7. The van der Waals surface area contributed by atoms with E-state index in [2.05, 4.69) is 15.3 Å². The second kappa shape index (κ2) is 7.25. The average Bonchev–Trinajstić information content (AvgIpc) is 2.94. The van der Waals surface area contributed by atoms with Crippen LogP contribution in [0.2, 0.25) is 0 Å². The summed E-state index contributed by atoms with van der Waals surface area (Å²) < 4.78 is 38.4. The maximum atomic E-state index is 12.8. The number of hydrogen-bond acceptors (Lipinski definition) is 4. The monoisotopic (exact) mass is 377 g/mol. The van der Waals surface area contributed by atoms with Gasteiger partial charge in [-0.05, 0) is 30.7 Å². The van der Waals surface area contributed by atoms with Gasteiger partial charge in [-0.3, -0.25) is 9.78 Å². The fourth-order valence-electron chi connectivity index (χ4n) is 2.35. The Kier molecular flexibility index (Phi) is 5.03. The summed E-state index contributed by atoms with van der Waals surface area (Å²) in [5.41, 5.74) is 0.862. The predicted molar refractivity (Wildman–Crippen MR) is 93.3 cm³/mol. The van der Waals surface area contributed by atoms with Gasteiger partial charge in [0, 0.05) is 18.8 Å². The van der Waals surface area contributed by atoms with Gasteiger partial charge in [-0.2, -0.15) is 13.2 Å². The molecule has 1 amide bonds. The molecule has 0 aliphatic rings. The molecule has 0 atom stereocenters. The van der Waals surface area contributed by atoms with Crippen LogP contribution in [0, 0.1) is 6.92 Å². The summed E-state index contributed by atoms with van der Waals surface area (Å²) in [5, 5.41) is 3.96. The van der Waals surface area contributed by atoms with Crippen molar-refractivity contribution in [3.8, 4) is 0 Å². The molecule has 3 aromatic rings. The number of pyridine rings is 1. The summed E-state index contributed by atoms with van der Waals surface area (Å²) in [6, 6.07) is 8.46. The molecule has 0 radical (unpaired) electrons. The van der Waals surface area contributed by atoms with Crippen molar-refractivity contribution in [2.75, 3.05) is 5.32 Å². The Morgan fingerprint density at radius 2 is 2.04 bits per heavy atom. The molecule has 0 spiro atoms. The molecular weight excluding hydrogens is 363 g/mol. The number of rotatable bonds is 4. The molecule has 26 heavy (non-hydrogen) atoms. The lowest BCUT2D eigenvalue weighted by molar-refractivity contribution is -0.137. The van der Waals surface area contributed by atoms with E-state index in [0.717, 1.165) is 12.1 Å². The number of nitrogens with one attached hydrogen (secondary N) is 1. The van der Waals surface area contributed by atoms with Crippen molar-refractivity contribution >= 4 is 22.2 Å². The SMILES string of the molecule is Cc1nc(Cc2cccc(C(F)(F)F)c2)sc1NC(=O)c1cccnc1. The molecule has 0 saturated heterocycles. The highest BCUT2D eigenvalue weighted by molar-refractivity contribution is 7.16. The van der Waals surface area contributed by atoms with Gasteiger partial charge in [-0.15, -0.1) is 11.3 Å². The van der Waals surface area contributed by atoms with E-state index in [1.807, 2.05) is 0 Å². The van der Waals surface area contributed by atoms with E-state index in [1.165, 1.54) is 23.6 Å². The van der Waals surface area contributed by atoms with Crippen LogP contribution >= 0.6 is 11.3 Å². The molecule has 0 unspecified atom stereocenters. The number of carbonyl (C=O) groups excluding carboxylic acids is 1. The van der Waals surface area contributed by atoms with Gasteiger partial charge in [-0.25, -0.2) is 4.98 Å². The Hall–Kier alpha value is -2.74. The third-order valence-electron chi connectivity index (χ3n) is 3.60. The van der Waals surface area contributed by atoms with Crippen LogP contribution in [0.5, 0.6) is 0 Å². The largest absolute Gasteiger partial charge is 0.416 e. The second-order valence-electron chi connectivity index (χ2n) is 5.59. The number of aryl methyl sites for hydroxylation is 1. The van der Waals surface area contributed by atoms with E-state index in [9.17, 15) is 18.0 Å². The maximum absolute atomic E-state index is 12.8. The quantitative estimate of drug-likeness (QED) is 0.717. The number of anilines is 1. The number of halogens is 3. The van der Waals surface area contributed by atoms with Crippen LogP contribution in [0.1, 0.15) is 32.2 Å². The topological polar surface area (TPSA) is 54.9 Å². The fourth-order valence-corrected chi connectivity index (χ4v) is 3.34. The van der Waals surface area contributed by atoms with Crippen molar-refractivity contribution in [1.82, 2.24) is 9.97 Å². The van der Waals surface area contributed by atoms with Crippen LogP contribution in [0.4, 0.5) is 18.2 Å². The number of nitrogens with zero attached hydrogens (tertiary/aromatic N) is 2. The van der Waals surface area contributed by atoms with Gasteiger partial charge in [0.25, 0.3) is 5.91 Å². The first-order valence-electron chi connectivity index (χ1n) is 7.67. The first-order chi connectivity index (χ1) is 12.3. The molecule has 0 fully saturated rings. The number of amides is 1. The minimum Gasteiger partial charge on any atom is -0.312 e. The molecular formula is C18H14F3N3OS. The van der Waals surface area contributed by atoms with Gasteiger partial charge in [-0.1, -0.05) is 18.2 Å². The third kappa shape index (κ3) is 4.26. The van der Waals surface area contributed by atoms with E-state index < -0.39 is 11.7 Å². The molecule has 0 aliphatic carbocycles. The number of benzene rings is 1. The molecule has 8 heteroatoms. The van der Waals surface area contributed by atoms with Gasteiger partial charge >= 0.3 is 6.18 Å². The fraction of sp³-hybridized carbons (Fsp3) is 0.167. The lowest BCUT2D eigenvalue weighted by atomic mass is 10.1. The van der Waals surface area contributed by atoms with Crippen molar-refractivity contribution in [2.24, 2.45) is 0 Å². The Labute approximate surface area is 151 Å². The molecule has 0 aliphatic heterocycles. The summed E-state index contributed by atoms with van der Waals surface area (Å²) in [7, 11) is 0. The molecule has 2 heterocycles.